The van der Waals surface area contributed by atoms with Gasteiger partial charge in [-0.25, -0.2) is 0 Å². The molecule has 0 spiro atoms. The molecule has 1 aromatic rings. The third-order valence-electron chi connectivity index (χ3n) is 1.49. The highest BCUT2D eigenvalue weighted by Crippen LogP contribution is 2.11. The highest BCUT2D eigenvalue weighted by Gasteiger charge is 2.12. The molecule has 0 saturated carbocycles. The Kier molecular flexibility index (Phi) is 3.21. The summed E-state index contributed by atoms with van der Waals surface area (Å²) in [6.07, 6.45) is 0. The van der Waals surface area contributed by atoms with E-state index < -0.39 is 0 Å². The van der Waals surface area contributed by atoms with E-state index in [2.05, 4.69) is 5.16 Å². The first-order chi connectivity index (χ1) is 5.79. The summed E-state index contributed by atoms with van der Waals surface area (Å²) in [4.78, 5) is 0.839. The Balaban J connectivity index is 2.85. The fraction of sp³-hybridized carbons (Fsp3) is 0.286. The maximum Gasteiger partial charge on any atom is 0.116 e. The van der Waals surface area contributed by atoms with E-state index in [4.69, 9.17) is 10.4 Å². The molecule has 3 N–H and O–H groups in total. The molecule has 1 aromatic heterocycles. The Morgan fingerprint density at radius 1 is 1.75 bits per heavy atom. The molecule has 0 radical (unpaired) electrons. The maximum atomic E-state index is 8.64. The second kappa shape index (κ2) is 4.20. The van der Waals surface area contributed by atoms with Crippen molar-refractivity contribution in [3.63, 3.8) is 0 Å². The molecule has 0 aliphatic heterocycles. The van der Waals surface area contributed by atoms with E-state index in [-0.39, 0.29) is 6.04 Å². The number of thiophene rings is 1. The lowest BCUT2D eigenvalue weighted by Gasteiger charge is -2.08. The van der Waals surface area contributed by atoms with Crippen molar-refractivity contribution in [2.75, 3.05) is 0 Å². The molecule has 0 fully saturated rings. The van der Waals surface area contributed by atoms with E-state index in [0.717, 1.165) is 4.88 Å². The molecule has 4 nitrogen and oxygen atoms in total. The average molecular weight is 186 g/mol. The number of hydrogen-bond donors (Lipinski definition) is 3. The molecule has 1 rings (SSSR count). The van der Waals surface area contributed by atoms with Crippen LogP contribution in [0.4, 0.5) is 0 Å². The molecular formula is C7H10N2O2S. The van der Waals surface area contributed by atoms with Crippen molar-refractivity contribution in [2.45, 2.75) is 13.0 Å². The lowest BCUT2D eigenvalue weighted by molar-refractivity contribution is 0.154. The summed E-state index contributed by atoms with van der Waals surface area (Å²) in [6.45, 7) is 1.70. The van der Waals surface area contributed by atoms with Crippen LogP contribution in [0.15, 0.2) is 22.7 Å². The molecule has 66 valence electrons. The van der Waals surface area contributed by atoms with Gasteiger partial charge in [0.1, 0.15) is 5.71 Å². The van der Waals surface area contributed by atoms with Crippen molar-refractivity contribution in [1.82, 2.24) is 5.48 Å². The number of hydroxylamine groups is 1. The molecule has 0 unspecified atom stereocenters. The van der Waals surface area contributed by atoms with Crippen LogP contribution in [0.1, 0.15) is 11.8 Å². The van der Waals surface area contributed by atoms with Gasteiger partial charge in [0.2, 0.25) is 0 Å². The summed E-state index contributed by atoms with van der Waals surface area (Å²) < 4.78 is 0. The monoisotopic (exact) mass is 186 g/mol. The van der Waals surface area contributed by atoms with Gasteiger partial charge in [0, 0.05) is 0 Å². The van der Waals surface area contributed by atoms with Gasteiger partial charge in [-0.1, -0.05) is 11.2 Å². The lowest BCUT2D eigenvalue weighted by Crippen LogP contribution is -2.31. The number of rotatable bonds is 3. The third-order valence-corrected chi connectivity index (χ3v) is 2.38. The Hall–Kier alpha value is -0.910. The Labute approximate surface area is 74.1 Å². The Bertz CT molecular complexity index is 258. The first-order valence-electron chi connectivity index (χ1n) is 3.45. The largest absolute Gasteiger partial charge is 0.411 e. The molecule has 0 aliphatic carbocycles. The quantitative estimate of drug-likeness (QED) is 0.378. The molecule has 1 heterocycles. The van der Waals surface area contributed by atoms with Gasteiger partial charge >= 0.3 is 0 Å². The summed E-state index contributed by atoms with van der Waals surface area (Å²) in [5.74, 6) is 0. The maximum absolute atomic E-state index is 8.64. The average Bonchev–Trinajstić information content (AvgIpc) is 2.58. The van der Waals surface area contributed by atoms with E-state index in [1.165, 1.54) is 11.3 Å². The molecular weight excluding hydrogens is 176 g/mol. The topological polar surface area (TPSA) is 64.8 Å². The van der Waals surface area contributed by atoms with Gasteiger partial charge in [-0.3, -0.25) is 0 Å². The van der Waals surface area contributed by atoms with Crippen LogP contribution >= 0.6 is 11.3 Å². The normalized spacial score (nSPS) is 14.7. The van der Waals surface area contributed by atoms with Crippen molar-refractivity contribution in [1.29, 1.82) is 0 Å². The SMILES string of the molecule is C[C@@H](NO)/C(=N\O)c1cccs1. The Morgan fingerprint density at radius 2 is 2.50 bits per heavy atom. The molecule has 0 aromatic carbocycles. The molecule has 1 atom stereocenters. The predicted molar refractivity (Wildman–Crippen MR) is 47.0 cm³/mol. The van der Waals surface area contributed by atoms with Crippen LogP contribution in [0.25, 0.3) is 0 Å². The highest BCUT2D eigenvalue weighted by molar-refractivity contribution is 7.12. The minimum atomic E-state index is -0.367. The van der Waals surface area contributed by atoms with Crippen molar-refractivity contribution in [3.8, 4) is 0 Å². The number of nitrogens with zero attached hydrogens (tertiary/aromatic N) is 1. The van der Waals surface area contributed by atoms with Crippen molar-refractivity contribution in [2.24, 2.45) is 5.16 Å². The molecule has 0 aliphatic rings. The third kappa shape index (κ3) is 1.82. The lowest BCUT2D eigenvalue weighted by atomic mass is 10.2. The van der Waals surface area contributed by atoms with Gasteiger partial charge in [-0.05, 0) is 18.4 Å². The van der Waals surface area contributed by atoms with Gasteiger partial charge < -0.3 is 10.4 Å². The summed E-state index contributed by atoms with van der Waals surface area (Å²) >= 11 is 1.46. The van der Waals surface area contributed by atoms with Crippen LogP contribution in [0.2, 0.25) is 0 Å². The fourth-order valence-electron chi connectivity index (χ4n) is 0.835. The summed E-state index contributed by atoms with van der Waals surface area (Å²) in [5.41, 5.74) is 2.46. The van der Waals surface area contributed by atoms with Crippen LogP contribution in [-0.4, -0.2) is 22.2 Å². The first-order valence-corrected chi connectivity index (χ1v) is 4.33. The van der Waals surface area contributed by atoms with Crippen molar-refractivity contribution < 1.29 is 10.4 Å². The second-order valence-electron chi connectivity index (χ2n) is 2.31. The summed E-state index contributed by atoms with van der Waals surface area (Å²) in [7, 11) is 0. The van der Waals surface area contributed by atoms with E-state index in [1.807, 2.05) is 23.0 Å². The molecule has 0 saturated heterocycles. The van der Waals surface area contributed by atoms with Gasteiger partial charge in [0.15, 0.2) is 0 Å². The first kappa shape index (κ1) is 9.18. The fourth-order valence-corrected chi connectivity index (χ4v) is 1.63. The number of hydrogen-bond acceptors (Lipinski definition) is 5. The second-order valence-corrected chi connectivity index (χ2v) is 3.26. The van der Waals surface area contributed by atoms with E-state index in [0.29, 0.717) is 5.71 Å². The van der Waals surface area contributed by atoms with E-state index in [9.17, 15) is 0 Å². The van der Waals surface area contributed by atoms with Gasteiger partial charge in [-0.15, -0.1) is 11.3 Å². The number of nitrogens with one attached hydrogen (secondary N) is 1. The predicted octanol–water partition coefficient (Wildman–Crippen LogP) is 1.29. The van der Waals surface area contributed by atoms with Gasteiger partial charge in [0.25, 0.3) is 0 Å². The van der Waals surface area contributed by atoms with E-state index >= 15 is 0 Å². The molecule has 0 bridgehead atoms. The molecule has 5 heteroatoms. The zero-order valence-electron chi connectivity index (χ0n) is 6.56. The van der Waals surface area contributed by atoms with Crippen LogP contribution in [0.5, 0.6) is 0 Å². The van der Waals surface area contributed by atoms with Crippen LogP contribution in [0, 0.1) is 0 Å². The van der Waals surface area contributed by atoms with Crippen LogP contribution in [-0.2, 0) is 0 Å². The highest BCUT2D eigenvalue weighted by atomic mass is 32.1. The summed E-state index contributed by atoms with van der Waals surface area (Å²) in [6, 6.07) is 3.32. The number of oxime groups is 1. The van der Waals surface area contributed by atoms with Crippen molar-refractivity contribution >= 4 is 17.0 Å². The standard InChI is InChI=1S/C7H10N2O2S/c1-5(8-10)7(9-11)6-3-2-4-12-6/h2-5,8,10-11H,1H3/b9-7+/t5-/m1/s1. The van der Waals surface area contributed by atoms with Crippen molar-refractivity contribution in [3.05, 3.63) is 22.4 Å². The summed E-state index contributed by atoms with van der Waals surface area (Å²) in [5, 5.41) is 22.2. The Morgan fingerprint density at radius 3 is 2.92 bits per heavy atom. The van der Waals surface area contributed by atoms with Crippen LogP contribution in [0.3, 0.4) is 0 Å². The van der Waals surface area contributed by atoms with E-state index in [1.54, 1.807) is 6.92 Å². The minimum absolute atomic E-state index is 0.367. The zero-order valence-corrected chi connectivity index (χ0v) is 7.38. The molecule has 12 heavy (non-hydrogen) atoms. The van der Waals surface area contributed by atoms with Gasteiger partial charge in [-0.2, -0.15) is 5.48 Å². The van der Waals surface area contributed by atoms with Gasteiger partial charge in [0.05, 0.1) is 10.9 Å². The zero-order chi connectivity index (χ0) is 8.97. The smallest absolute Gasteiger partial charge is 0.116 e. The minimum Gasteiger partial charge on any atom is -0.411 e. The van der Waals surface area contributed by atoms with Crippen LogP contribution < -0.4 is 5.48 Å². The molecule has 0 amide bonds.